The Kier molecular flexibility index (Phi) is 6.43. The Labute approximate surface area is 169 Å². The molecule has 0 saturated heterocycles. The molecule has 2 aromatic rings. The molecule has 0 heterocycles. The molecule has 0 fully saturated rings. The zero-order valence-electron chi connectivity index (χ0n) is 17.9. The molecular formula is C25H33NO2. The van der Waals surface area contributed by atoms with E-state index in [4.69, 9.17) is 4.74 Å². The van der Waals surface area contributed by atoms with Crippen LogP contribution in [-0.2, 0) is 12.8 Å². The molecule has 1 aliphatic carbocycles. The van der Waals surface area contributed by atoms with Gasteiger partial charge in [-0.3, -0.25) is 4.79 Å². The van der Waals surface area contributed by atoms with Gasteiger partial charge in [0.15, 0.2) is 0 Å². The Morgan fingerprint density at radius 3 is 2.46 bits per heavy atom. The molecule has 150 valence electrons. The van der Waals surface area contributed by atoms with E-state index in [1.807, 2.05) is 19.1 Å². The molecule has 2 aromatic carbocycles. The standard InChI is InChI=1S/C25H33NO2/c1-6-23(20-12-11-18-9-7-8-10-19(18)14-20)26-25(27)22-15-21(16(2)3)24(28-5)13-17(22)4/h11-16,23H,6-10H2,1-5H3,(H,26,27)/t23-/m0/s1. The van der Waals surface area contributed by atoms with Gasteiger partial charge in [-0.25, -0.2) is 0 Å². The fraction of sp³-hybridized carbons (Fsp3) is 0.480. The molecular weight excluding hydrogens is 346 g/mol. The fourth-order valence-corrected chi connectivity index (χ4v) is 4.20. The second-order valence-electron chi connectivity index (χ2n) is 8.23. The second kappa shape index (κ2) is 8.81. The van der Waals surface area contributed by atoms with Gasteiger partial charge in [0, 0.05) is 5.56 Å². The van der Waals surface area contributed by atoms with Gasteiger partial charge in [0.05, 0.1) is 13.2 Å². The Morgan fingerprint density at radius 2 is 1.82 bits per heavy atom. The highest BCUT2D eigenvalue weighted by atomic mass is 16.5. The summed E-state index contributed by atoms with van der Waals surface area (Å²) in [6.45, 7) is 8.35. The van der Waals surface area contributed by atoms with Crippen LogP contribution in [0.15, 0.2) is 30.3 Å². The molecule has 3 nitrogen and oxygen atoms in total. The SMILES string of the molecule is CC[C@H](NC(=O)c1cc(C(C)C)c(OC)cc1C)c1ccc2c(c1)CCCC2. The van der Waals surface area contributed by atoms with E-state index in [9.17, 15) is 4.79 Å². The van der Waals surface area contributed by atoms with Crippen molar-refractivity contribution in [3.8, 4) is 5.75 Å². The number of carbonyl (C=O) groups is 1. The van der Waals surface area contributed by atoms with Crippen LogP contribution in [0.2, 0.25) is 0 Å². The van der Waals surface area contributed by atoms with E-state index in [-0.39, 0.29) is 11.9 Å². The van der Waals surface area contributed by atoms with Crippen LogP contribution in [0.4, 0.5) is 0 Å². The first-order valence-electron chi connectivity index (χ1n) is 10.6. The monoisotopic (exact) mass is 379 g/mol. The molecule has 28 heavy (non-hydrogen) atoms. The Hall–Kier alpha value is -2.29. The largest absolute Gasteiger partial charge is 0.496 e. The second-order valence-corrected chi connectivity index (χ2v) is 8.23. The van der Waals surface area contributed by atoms with Crippen molar-refractivity contribution in [3.63, 3.8) is 0 Å². The smallest absolute Gasteiger partial charge is 0.252 e. The summed E-state index contributed by atoms with van der Waals surface area (Å²) in [6, 6.07) is 10.8. The summed E-state index contributed by atoms with van der Waals surface area (Å²) in [4.78, 5) is 13.1. The van der Waals surface area contributed by atoms with E-state index < -0.39 is 0 Å². The van der Waals surface area contributed by atoms with Gasteiger partial charge in [-0.2, -0.15) is 0 Å². The van der Waals surface area contributed by atoms with Crippen molar-refractivity contribution >= 4 is 5.91 Å². The first kappa shape index (κ1) is 20.4. The maximum absolute atomic E-state index is 13.1. The van der Waals surface area contributed by atoms with Gasteiger partial charge in [-0.1, -0.05) is 39.0 Å². The van der Waals surface area contributed by atoms with Crippen LogP contribution in [0.5, 0.6) is 5.75 Å². The van der Waals surface area contributed by atoms with Crippen molar-refractivity contribution in [1.82, 2.24) is 5.32 Å². The van der Waals surface area contributed by atoms with E-state index in [0.29, 0.717) is 5.92 Å². The maximum Gasteiger partial charge on any atom is 0.252 e. The van der Waals surface area contributed by atoms with Crippen molar-refractivity contribution in [2.75, 3.05) is 7.11 Å². The quantitative estimate of drug-likeness (QED) is 0.680. The minimum atomic E-state index is -0.00776. The topological polar surface area (TPSA) is 38.3 Å². The predicted molar refractivity (Wildman–Crippen MR) is 115 cm³/mol. The summed E-state index contributed by atoms with van der Waals surface area (Å²) >= 11 is 0. The van der Waals surface area contributed by atoms with Crippen molar-refractivity contribution < 1.29 is 9.53 Å². The average Bonchev–Trinajstić information content (AvgIpc) is 2.70. The van der Waals surface area contributed by atoms with Crippen LogP contribution < -0.4 is 10.1 Å². The van der Waals surface area contributed by atoms with Crippen molar-refractivity contribution in [1.29, 1.82) is 0 Å². The number of nitrogens with one attached hydrogen (secondary N) is 1. The van der Waals surface area contributed by atoms with Gasteiger partial charge >= 0.3 is 0 Å². The Bertz CT molecular complexity index is 854. The molecule has 3 heteroatoms. The van der Waals surface area contributed by atoms with Crippen LogP contribution in [0, 0.1) is 6.92 Å². The van der Waals surface area contributed by atoms with Gasteiger partial charge < -0.3 is 10.1 Å². The van der Waals surface area contributed by atoms with E-state index in [1.54, 1.807) is 7.11 Å². The third-order valence-electron chi connectivity index (χ3n) is 5.93. The molecule has 0 radical (unpaired) electrons. The molecule has 1 N–H and O–H groups in total. The normalized spacial score (nSPS) is 14.5. The highest BCUT2D eigenvalue weighted by Gasteiger charge is 2.20. The van der Waals surface area contributed by atoms with E-state index >= 15 is 0 Å². The van der Waals surface area contributed by atoms with Crippen LogP contribution in [-0.4, -0.2) is 13.0 Å². The van der Waals surface area contributed by atoms with Gasteiger partial charge in [0.1, 0.15) is 5.75 Å². The molecule has 0 aromatic heterocycles. The summed E-state index contributed by atoms with van der Waals surface area (Å²) < 4.78 is 5.51. The van der Waals surface area contributed by atoms with Crippen molar-refractivity contribution in [2.24, 2.45) is 0 Å². The van der Waals surface area contributed by atoms with Crippen molar-refractivity contribution in [3.05, 3.63) is 63.7 Å². The number of hydrogen-bond acceptors (Lipinski definition) is 2. The number of ether oxygens (including phenoxy) is 1. The van der Waals surface area contributed by atoms with Gasteiger partial charge in [-0.05, 0) is 84.9 Å². The van der Waals surface area contributed by atoms with Gasteiger partial charge in [0.25, 0.3) is 5.91 Å². The predicted octanol–water partition coefficient (Wildman–Crippen LogP) is 5.89. The molecule has 0 saturated carbocycles. The van der Waals surface area contributed by atoms with E-state index in [1.165, 1.54) is 36.0 Å². The number of aryl methyl sites for hydroxylation is 3. The number of fused-ring (bicyclic) bond motifs is 1. The van der Waals surface area contributed by atoms with E-state index in [0.717, 1.165) is 35.3 Å². The first-order chi connectivity index (χ1) is 13.4. The highest BCUT2D eigenvalue weighted by Crippen LogP contribution is 2.30. The van der Waals surface area contributed by atoms with Crippen LogP contribution >= 0.6 is 0 Å². The fourth-order valence-electron chi connectivity index (χ4n) is 4.20. The average molecular weight is 380 g/mol. The zero-order valence-corrected chi connectivity index (χ0v) is 17.9. The molecule has 3 rings (SSSR count). The molecule has 0 bridgehead atoms. The minimum Gasteiger partial charge on any atom is -0.496 e. The summed E-state index contributed by atoms with van der Waals surface area (Å²) in [7, 11) is 1.68. The molecule has 0 spiro atoms. The summed E-state index contributed by atoms with van der Waals surface area (Å²) in [6.07, 6.45) is 5.76. The summed E-state index contributed by atoms with van der Waals surface area (Å²) in [5.74, 6) is 1.14. The number of amides is 1. The van der Waals surface area contributed by atoms with Gasteiger partial charge in [0.2, 0.25) is 0 Å². The molecule has 1 amide bonds. The first-order valence-corrected chi connectivity index (χ1v) is 10.6. The summed E-state index contributed by atoms with van der Waals surface area (Å²) in [5.41, 5.74) is 6.90. The van der Waals surface area contributed by atoms with E-state index in [2.05, 4.69) is 44.3 Å². The molecule has 0 unspecified atom stereocenters. The zero-order chi connectivity index (χ0) is 20.3. The van der Waals surface area contributed by atoms with Gasteiger partial charge in [-0.15, -0.1) is 0 Å². The maximum atomic E-state index is 13.1. The number of carbonyl (C=O) groups excluding carboxylic acids is 1. The lowest BCUT2D eigenvalue weighted by molar-refractivity contribution is 0.0935. The third kappa shape index (κ3) is 4.24. The van der Waals surface area contributed by atoms with Crippen LogP contribution in [0.3, 0.4) is 0 Å². The summed E-state index contributed by atoms with van der Waals surface area (Å²) in [5, 5.41) is 3.27. The number of rotatable bonds is 6. The highest BCUT2D eigenvalue weighted by molar-refractivity contribution is 5.96. The third-order valence-corrected chi connectivity index (χ3v) is 5.93. The lowest BCUT2D eigenvalue weighted by atomic mass is 9.88. The van der Waals surface area contributed by atoms with Crippen LogP contribution in [0.25, 0.3) is 0 Å². The molecule has 1 atom stereocenters. The number of methoxy groups -OCH3 is 1. The molecule has 1 aliphatic rings. The molecule has 0 aliphatic heterocycles. The van der Waals surface area contributed by atoms with Crippen LogP contribution in [0.1, 0.15) is 90.2 Å². The Balaban J connectivity index is 1.85. The number of hydrogen-bond donors (Lipinski definition) is 1. The lowest BCUT2D eigenvalue weighted by Gasteiger charge is -2.22. The lowest BCUT2D eigenvalue weighted by Crippen LogP contribution is -2.29. The minimum absolute atomic E-state index is 0.00776. The Morgan fingerprint density at radius 1 is 1.11 bits per heavy atom. The van der Waals surface area contributed by atoms with Crippen molar-refractivity contribution in [2.45, 2.75) is 71.8 Å². The number of benzene rings is 2.